The standard InChI is InChI=1S/C17H18FN/c1-11-6-7-16(18)15(8-11)17(19)14-9-12-4-2-3-5-13(12)10-14/h2-8,14,17H,9-10,19H2,1H3. The second-order valence-electron chi connectivity index (χ2n) is 5.49. The van der Waals surface area contributed by atoms with E-state index in [0.29, 0.717) is 11.5 Å². The van der Waals surface area contributed by atoms with Crippen molar-refractivity contribution in [3.63, 3.8) is 0 Å². The van der Waals surface area contributed by atoms with Crippen molar-refractivity contribution in [2.75, 3.05) is 0 Å². The molecule has 0 spiro atoms. The largest absolute Gasteiger partial charge is 0.324 e. The first-order valence-corrected chi connectivity index (χ1v) is 6.73. The minimum Gasteiger partial charge on any atom is -0.324 e. The van der Waals surface area contributed by atoms with Crippen LogP contribution in [0.2, 0.25) is 0 Å². The molecule has 0 amide bonds. The summed E-state index contributed by atoms with van der Waals surface area (Å²) in [5.74, 6) is 0.114. The lowest BCUT2D eigenvalue weighted by atomic mass is 9.90. The van der Waals surface area contributed by atoms with Crippen LogP contribution in [0.1, 0.15) is 28.3 Å². The van der Waals surface area contributed by atoms with Gasteiger partial charge in [0.15, 0.2) is 0 Å². The number of hydrogen-bond acceptors (Lipinski definition) is 1. The molecule has 0 saturated carbocycles. The lowest BCUT2D eigenvalue weighted by Gasteiger charge is -2.20. The number of benzene rings is 2. The summed E-state index contributed by atoms with van der Waals surface area (Å²) in [5, 5.41) is 0. The van der Waals surface area contributed by atoms with Gasteiger partial charge in [0, 0.05) is 11.6 Å². The van der Waals surface area contributed by atoms with Gasteiger partial charge >= 0.3 is 0 Å². The highest BCUT2D eigenvalue weighted by Crippen LogP contribution is 2.34. The molecular formula is C17H18FN. The molecule has 0 saturated heterocycles. The third-order valence-corrected chi connectivity index (χ3v) is 4.10. The van der Waals surface area contributed by atoms with Crippen molar-refractivity contribution in [1.82, 2.24) is 0 Å². The topological polar surface area (TPSA) is 26.0 Å². The molecule has 0 bridgehead atoms. The van der Waals surface area contributed by atoms with Crippen LogP contribution < -0.4 is 5.73 Å². The van der Waals surface area contributed by atoms with Crippen molar-refractivity contribution in [2.45, 2.75) is 25.8 Å². The van der Waals surface area contributed by atoms with E-state index in [4.69, 9.17) is 5.73 Å². The predicted octanol–water partition coefficient (Wildman–Crippen LogP) is 3.55. The molecule has 98 valence electrons. The summed E-state index contributed by atoms with van der Waals surface area (Å²) >= 11 is 0. The molecule has 19 heavy (non-hydrogen) atoms. The highest BCUT2D eigenvalue weighted by atomic mass is 19.1. The van der Waals surface area contributed by atoms with E-state index in [1.165, 1.54) is 17.2 Å². The molecule has 1 unspecified atom stereocenters. The summed E-state index contributed by atoms with van der Waals surface area (Å²) in [6, 6.07) is 13.4. The molecule has 2 N–H and O–H groups in total. The second kappa shape index (κ2) is 4.78. The van der Waals surface area contributed by atoms with Gasteiger partial charge in [0.1, 0.15) is 5.82 Å². The van der Waals surface area contributed by atoms with Crippen molar-refractivity contribution in [1.29, 1.82) is 0 Å². The Bertz CT molecular complexity index is 581. The first kappa shape index (κ1) is 12.4. The molecule has 0 fully saturated rings. The third kappa shape index (κ3) is 2.28. The van der Waals surface area contributed by atoms with Crippen LogP contribution in [0.4, 0.5) is 4.39 Å². The molecule has 1 aliphatic carbocycles. The Morgan fingerprint density at radius 3 is 2.37 bits per heavy atom. The smallest absolute Gasteiger partial charge is 0.128 e. The summed E-state index contributed by atoms with van der Waals surface area (Å²) in [5.41, 5.74) is 10.7. The SMILES string of the molecule is Cc1ccc(F)c(C(N)C2Cc3ccccc3C2)c1. The lowest BCUT2D eigenvalue weighted by molar-refractivity contribution is 0.436. The zero-order chi connectivity index (χ0) is 13.4. The minimum atomic E-state index is -0.229. The van der Waals surface area contributed by atoms with Gasteiger partial charge in [-0.1, -0.05) is 42.0 Å². The average molecular weight is 255 g/mol. The summed E-state index contributed by atoms with van der Waals surface area (Å²) in [4.78, 5) is 0. The molecule has 1 aliphatic rings. The van der Waals surface area contributed by atoms with Gasteiger partial charge in [-0.2, -0.15) is 0 Å². The first-order valence-electron chi connectivity index (χ1n) is 6.73. The van der Waals surface area contributed by atoms with Gasteiger partial charge in [-0.05, 0) is 42.9 Å². The van der Waals surface area contributed by atoms with Crippen molar-refractivity contribution < 1.29 is 4.39 Å². The zero-order valence-corrected chi connectivity index (χ0v) is 11.1. The third-order valence-electron chi connectivity index (χ3n) is 4.10. The Balaban J connectivity index is 1.87. The fraction of sp³-hybridized carbons (Fsp3) is 0.294. The predicted molar refractivity (Wildman–Crippen MR) is 75.4 cm³/mol. The van der Waals surface area contributed by atoms with Gasteiger partial charge in [0.25, 0.3) is 0 Å². The van der Waals surface area contributed by atoms with E-state index in [-0.39, 0.29) is 11.9 Å². The van der Waals surface area contributed by atoms with E-state index in [9.17, 15) is 4.39 Å². The summed E-state index contributed by atoms with van der Waals surface area (Å²) < 4.78 is 13.9. The van der Waals surface area contributed by atoms with Crippen LogP contribution >= 0.6 is 0 Å². The molecule has 3 rings (SSSR count). The maximum Gasteiger partial charge on any atom is 0.128 e. The lowest BCUT2D eigenvalue weighted by Crippen LogP contribution is -2.23. The van der Waals surface area contributed by atoms with Crippen LogP contribution in [0.25, 0.3) is 0 Å². The molecule has 0 aliphatic heterocycles. The van der Waals surface area contributed by atoms with Gasteiger partial charge in [-0.15, -0.1) is 0 Å². The summed E-state index contributed by atoms with van der Waals surface area (Å²) in [6.45, 7) is 1.97. The zero-order valence-electron chi connectivity index (χ0n) is 11.1. The number of nitrogens with two attached hydrogens (primary N) is 1. The maximum atomic E-state index is 13.9. The molecule has 0 aromatic heterocycles. The minimum absolute atomic E-state index is 0.186. The fourth-order valence-electron chi connectivity index (χ4n) is 3.02. The van der Waals surface area contributed by atoms with Gasteiger partial charge in [-0.25, -0.2) is 4.39 Å². The molecule has 1 atom stereocenters. The van der Waals surface area contributed by atoms with Gasteiger partial charge < -0.3 is 5.73 Å². The van der Waals surface area contributed by atoms with E-state index < -0.39 is 0 Å². The Morgan fingerprint density at radius 2 is 1.74 bits per heavy atom. The first-order chi connectivity index (χ1) is 9.15. The molecule has 2 aromatic carbocycles. The van der Waals surface area contributed by atoms with E-state index in [1.807, 2.05) is 13.0 Å². The number of aryl methyl sites for hydroxylation is 1. The van der Waals surface area contributed by atoms with E-state index >= 15 is 0 Å². The van der Waals surface area contributed by atoms with Crippen LogP contribution in [-0.2, 0) is 12.8 Å². The maximum absolute atomic E-state index is 13.9. The van der Waals surface area contributed by atoms with Crippen LogP contribution in [0.3, 0.4) is 0 Å². The van der Waals surface area contributed by atoms with Crippen molar-refractivity contribution in [3.8, 4) is 0 Å². The normalized spacial score (nSPS) is 16.4. The monoisotopic (exact) mass is 255 g/mol. The van der Waals surface area contributed by atoms with Crippen molar-refractivity contribution in [2.24, 2.45) is 11.7 Å². The van der Waals surface area contributed by atoms with E-state index in [2.05, 4.69) is 24.3 Å². The Labute approximate surface area is 113 Å². The van der Waals surface area contributed by atoms with Crippen LogP contribution in [0.15, 0.2) is 42.5 Å². The molecule has 0 heterocycles. The summed E-state index contributed by atoms with van der Waals surface area (Å²) in [7, 11) is 0. The van der Waals surface area contributed by atoms with Crippen LogP contribution in [0.5, 0.6) is 0 Å². The fourth-order valence-corrected chi connectivity index (χ4v) is 3.02. The summed E-state index contributed by atoms with van der Waals surface area (Å²) in [6.07, 6.45) is 1.90. The Morgan fingerprint density at radius 1 is 1.11 bits per heavy atom. The molecule has 2 heteroatoms. The highest BCUT2D eigenvalue weighted by Gasteiger charge is 2.28. The number of hydrogen-bond donors (Lipinski definition) is 1. The molecule has 1 nitrogen and oxygen atoms in total. The van der Waals surface area contributed by atoms with Gasteiger partial charge in [-0.3, -0.25) is 0 Å². The van der Waals surface area contributed by atoms with Crippen molar-refractivity contribution >= 4 is 0 Å². The highest BCUT2D eigenvalue weighted by molar-refractivity contribution is 5.35. The molecular weight excluding hydrogens is 237 g/mol. The van der Waals surface area contributed by atoms with Crippen LogP contribution in [-0.4, -0.2) is 0 Å². The number of halogens is 1. The Hall–Kier alpha value is -1.67. The number of fused-ring (bicyclic) bond motifs is 1. The van der Waals surface area contributed by atoms with E-state index in [1.54, 1.807) is 6.07 Å². The van der Waals surface area contributed by atoms with E-state index in [0.717, 1.165) is 18.4 Å². The number of rotatable bonds is 2. The van der Waals surface area contributed by atoms with Crippen LogP contribution in [0, 0.1) is 18.7 Å². The molecule has 0 radical (unpaired) electrons. The average Bonchev–Trinajstić information content (AvgIpc) is 2.84. The van der Waals surface area contributed by atoms with Crippen molar-refractivity contribution in [3.05, 3.63) is 70.5 Å². The van der Waals surface area contributed by atoms with Gasteiger partial charge in [0.2, 0.25) is 0 Å². The second-order valence-corrected chi connectivity index (χ2v) is 5.49. The quantitative estimate of drug-likeness (QED) is 0.872. The molecule has 2 aromatic rings. The Kier molecular flexibility index (Phi) is 3.11. The van der Waals surface area contributed by atoms with Gasteiger partial charge in [0.05, 0.1) is 0 Å².